The van der Waals surface area contributed by atoms with E-state index in [1.165, 1.54) is 4.31 Å². The Morgan fingerprint density at radius 2 is 1.69 bits per heavy atom. The molecule has 7 nitrogen and oxygen atoms in total. The molecule has 10 heteroatoms. The van der Waals surface area contributed by atoms with Crippen molar-refractivity contribution in [3.05, 3.63) is 76.5 Å². The molecule has 1 aromatic heterocycles. The molecule has 0 spiro atoms. The van der Waals surface area contributed by atoms with Crippen molar-refractivity contribution in [1.29, 1.82) is 0 Å². The number of anilines is 1. The monoisotopic (exact) mass is 492 g/mol. The number of hydrogen-bond acceptors (Lipinski definition) is 4. The zero-order chi connectivity index (χ0) is 22.7. The highest BCUT2D eigenvalue weighted by Crippen LogP contribution is 2.26. The average Bonchev–Trinajstić information content (AvgIpc) is 3.24. The molecule has 0 radical (unpaired) electrons. The van der Waals surface area contributed by atoms with Gasteiger partial charge >= 0.3 is 0 Å². The van der Waals surface area contributed by atoms with E-state index in [0.717, 1.165) is 5.56 Å². The van der Waals surface area contributed by atoms with Crippen LogP contribution in [0.25, 0.3) is 0 Å². The maximum atomic E-state index is 12.8. The lowest BCUT2D eigenvalue weighted by Gasteiger charge is -2.30. The summed E-state index contributed by atoms with van der Waals surface area (Å²) in [6.45, 7) is 0.989. The second kappa shape index (κ2) is 9.62. The van der Waals surface area contributed by atoms with E-state index in [0.29, 0.717) is 48.2 Å². The molecule has 32 heavy (non-hydrogen) atoms. The third kappa shape index (κ3) is 4.99. The van der Waals surface area contributed by atoms with Gasteiger partial charge in [0.2, 0.25) is 15.9 Å². The molecule has 1 amide bonds. The molecule has 1 aliphatic rings. The van der Waals surface area contributed by atoms with Crippen LogP contribution in [0.5, 0.6) is 0 Å². The highest BCUT2D eigenvalue weighted by molar-refractivity contribution is 7.89. The number of hydrogen-bond donors (Lipinski definition) is 1. The number of rotatable bonds is 6. The molecule has 3 aromatic rings. The lowest BCUT2D eigenvalue weighted by Crippen LogP contribution is -2.41. The van der Waals surface area contributed by atoms with Crippen molar-refractivity contribution in [2.24, 2.45) is 5.92 Å². The SMILES string of the molecule is O=C(Nc1cnn(Cc2c(Cl)cccc2Cl)c1)C1CCN(S(=O)(=O)c2ccccc2)CC1. The van der Waals surface area contributed by atoms with Crippen LogP contribution in [0.4, 0.5) is 5.69 Å². The number of sulfonamides is 1. The van der Waals surface area contributed by atoms with E-state index in [2.05, 4.69) is 10.4 Å². The molecule has 0 atom stereocenters. The summed E-state index contributed by atoms with van der Waals surface area (Å²) in [5.74, 6) is -0.407. The second-order valence-corrected chi connectivity index (χ2v) is 10.4. The molecule has 4 rings (SSSR count). The standard InChI is InChI=1S/C22H22Cl2N4O3S/c23-20-7-4-8-21(24)19(20)15-27-14-17(13-25-27)26-22(29)16-9-11-28(12-10-16)32(30,31)18-5-2-1-3-6-18/h1-8,13-14,16H,9-12,15H2,(H,26,29). The quantitative estimate of drug-likeness (QED) is 0.556. The summed E-state index contributed by atoms with van der Waals surface area (Å²) in [5.41, 5.74) is 1.32. The molecule has 1 saturated heterocycles. The van der Waals surface area contributed by atoms with Crippen LogP contribution in [-0.4, -0.2) is 41.5 Å². The summed E-state index contributed by atoms with van der Waals surface area (Å²) in [5, 5.41) is 8.25. The van der Waals surface area contributed by atoms with Crippen molar-refractivity contribution in [2.75, 3.05) is 18.4 Å². The number of carbonyl (C=O) groups excluding carboxylic acids is 1. The molecule has 1 N–H and O–H groups in total. The maximum Gasteiger partial charge on any atom is 0.243 e. The summed E-state index contributed by atoms with van der Waals surface area (Å²) < 4.78 is 28.6. The summed E-state index contributed by atoms with van der Waals surface area (Å²) in [7, 11) is -3.54. The fraction of sp³-hybridized carbons (Fsp3) is 0.273. The number of aromatic nitrogens is 2. The first kappa shape index (κ1) is 22.8. The van der Waals surface area contributed by atoms with Gasteiger partial charge < -0.3 is 5.32 Å². The lowest BCUT2D eigenvalue weighted by atomic mass is 9.97. The van der Waals surface area contributed by atoms with Gasteiger partial charge in [-0.15, -0.1) is 0 Å². The Morgan fingerprint density at radius 1 is 1.03 bits per heavy atom. The van der Waals surface area contributed by atoms with Crippen LogP contribution in [0.2, 0.25) is 10.0 Å². The van der Waals surface area contributed by atoms with Gasteiger partial charge in [0.1, 0.15) is 0 Å². The third-order valence-corrected chi connectivity index (χ3v) is 8.11. The van der Waals surface area contributed by atoms with Crippen LogP contribution in [0.3, 0.4) is 0 Å². The van der Waals surface area contributed by atoms with E-state index in [1.807, 2.05) is 0 Å². The van der Waals surface area contributed by atoms with Crippen molar-refractivity contribution in [3.8, 4) is 0 Å². The largest absolute Gasteiger partial charge is 0.323 e. The molecular weight excluding hydrogens is 471 g/mol. The number of piperidine rings is 1. The van der Waals surface area contributed by atoms with E-state index in [9.17, 15) is 13.2 Å². The van der Waals surface area contributed by atoms with E-state index in [1.54, 1.807) is 65.6 Å². The molecule has 0 unspecified atom stereocenters. The smallest absolute Gasteiger partial charge is 0.243 e. The highest BCUT2D eigenvalue weighted by Gasteiger charge is 2.32. The molecule has 2 heterocycles. The number of carbonyl (C=O) groups is 1. The Hall–Kier alpha value is -2.39. The van der Waals surface area contributed by atoms with Crippen molar-refractivity contribution >= 4 is 44.8 Å². The van der Waals surface area contributed by atoms with Gasteiger partial charge in [0.25, 0.3) is 0 Å². The zero-order valence-corrected chi connectivity index (χ0v) is 19.4. The van der Waals surface area contributed by atoms with Gasteiger partial charge in [-0.1, -0.05) is 47.5 Å². The minimum absolute atomic E-state index is 0.142. The van der Waals surface area contributed by atoms with Gasteiger partial charge in [0, 0.05) is 40.8 Å². The maximum absolute atomic E-state index is 12.8. The number of nitrogens with zero attached hydrogens (tertiary/aromatic N) is 3. The topological polar surface area (TPSA) is 84.3 Å². The lowest BCUT2D eigenvalue weighted by molar-refractivity contribution is -0.120. The Labute approximate surface area is 197 Å². The zero-order valence-electron chi connectivity index (χ0n) is 17.1. The Balaban J connectivity index is 1.34. The van der Waals surface area contributed by atoms with Crippen molar-refractivity contribution in [1.82, 2.24) is 14.1 Å². The first-order valence-corrected chi connectivity index (χ1v) is 12.4. The number of amides is 1. The van der Waals surface area contributed by atoms with E-state index in [-0.39, 0.29) is 16.7 Å². The summed E-state index contributed by atoms with van der Waals surface area (Å²) in [6.07, 6.45) is 4.20. The van der Waals surface area contributed by atoms with Crippen molar-refractivity contribution < 1.29 is 13.2 Å². The molecule has 0 aliphatic carbocycles. The molecule has 168 valence electrons. The Kier molecular flexibility index (Phi) is 6.85. The molecule has 2 aromatic carbocycles. The van der Waals surface area contributed by atoms with Gasteiger partial charge in [0.15, 0.2) is 0 Å². The van der Waals surface area contributed by atoms with Gasteiger partial charge in [-0.3, -0.25) is 9.48 Å². The summed E-state index contributed by atoms with van der Waals surface area (Å²) in [6, 6.07) is 13.7. The van der Waals surface area contributed by atoms with Crippen molar-refractivity contribution in [3.63, 3.8) is 0 Å². The van der Waals surface area contributed by atoms with Crippen LogP contribution in [0.1, 0.15) is 18.4 Å². The van der Waals surface area contributed by atoms with Crippen LogP contribution in [-0.2, 0) is 21.4 Å². The van der Waals surface area contributed by atoms with Crippen molar-refractivity contribution in [2.45, 2.75) is 24.3 Å². The molecule has 1 aliphatic heterocycles. The van der Waals surface area contributed by atoms with E-state index in [4.69, 9.17) is 23.2 Å². The fourth-order valence-corrected chi connectivity index (χ4v) is 5.71. The number of halogens is 2. The predicted molar refractivity (Wildman–Crippen MR) is 124 cm³/mol. The molecule has 0 saturated carbocycles. The predicted octanol–water partition coefficient (Wildman–Crippen LogP) is 4.28. The molecular formula is C22H22Cl2N4O3S. The van der Waals surface area contributed by atoms with Gasteiger partial charge in [-0.05, 0) is 37.1 Å². The molecule has 1 fully saturated rings. The Morgan fingerprint density at radius 3 is 2.34 bits per heavy atom. The minimum Gasteiger partial charge on any atom is -0.323 e. The third-order valence-electron chi connectivity index (χ3n) is 5.49. The fourth-order valence-electron chi connectivity index (χ4n) is 3.70. The summed E-state index contributed by atoms with van der Waals surface area (Å²) in [4.78, 5) is 13.0. The normalized spacial score (nSPS) is 15.6. The van der Waals surface area contributed by atoms with Crippen LogP contribution in [0, 0.1) is 5.92 Å². The van der Waals surface area contributed by atoms with Gasteiger partial charge in [-0.2, -0.15) is 9.40 Å². The Bertz CT molecular complexity index is 1190. The van der Waals surface area contributed by atoms with Crippen LogP contribution >= 0.6 is 23.2 Å². The van der Waals surface area contributed by atoms with E-state index >= 15 is 0 Å². The van der Waals surface area contributed by atoms with Gasteiger partial charge in [-0.25, -0.2) is 8.42 Å². The molecule has 0 bridgehead atoms. The minimum atomic E-state index is -3.54. The summed E-state index contributed by atoms with van der Waals surface area (Å²) >= 11 is 12.4. The van der Waals surface area contributed by atoms with Crippen LogP contribution in [0.15, 0.2) is 65.8 Å². The number of benzene rings is 2. The highest BCUT2D eigenvalue weighted by atomic mass is 35.5. The first-order valence-electron chi connectivity index (χ1n) is 10.2. The van der Waals surface area contributed by atoms with Crippen LogP contribution < -0.4 is 5.32 Å². The second-order valence-electron chi connectivity index (χ2n) is 7.61. The van der Waals surface area contributed by atoms with E-state index < -0.39 is 10.0 Å². The average molecular weight is 493 g/mol. The number of nitrogens with one attached hydrogen (secondary N) is 1. The van der Waals surface area contributed by atoms with Gasteiger partial charge in [0.05, 0.1) is 23.3 Å². The first-order chi connectivity index (χ1) is 15.3.